The number of nitrogens with zero attached hydrogens (tertiary/aromatic N) is 2. The first kappa shape index (κ1) is 16.4. The van der Waals surface area contributed by atoms with E-state index in [9.17, 15) is 9.59 Å². The highest BCUT2D eigenvalue weighted by Gasteiger charge is 2.34. The minimum Gasteiger partial charge on any atom is -0.497 e. The Morgan fingerprint density at radius 1 is 1.17 bits per heavy atom. The van der Waals surface area contributed by atoms with Crippen molar-refractivity contribution in [2.75, 3.05) is 13.7 Å². The first-order chi connectivity index (χ1) is 11.6. The fourth-order valence-corrected chi connectivity index (χ4v) is 3.35. The summed E-state index contributed by atoms with van der Waals surface area (Å²) in [5.74, 6) is 0.597. The molecule has 5 nitrogen and oxygen atoms in total. The summed E-state index contributed by atoms with van der Waals surface area (Å²) < 4.78 is 7.11. The van der Waals surface area contributed by atoms with Gasteiger partial charge in [-0.2, -0.15) is 0 Å². The van der Waals surface area contributed by atoms with E-state index in [2.05, 4.69) is 0 Å². The Morgan fingerprint density at radius 2 is 1.92 bits per heavy atom. The van der Waals surface area contributed by atoms with Gasteiger partial charge >= 0.3 is 0 Å². The van der Waals surface area contributed by atoms with E-state index in [1.54, 1.807) is 13.2 Å². The second kappa shape index (κ2) is 6.97. The molecular formula is C18H18N2O3S. The maximum atomic E-state index is 12.3. The molecule has 0 unspecified atom stereocenters. The van der Waals surface area contributed by atoms with Crippen LogP contribution >= 0.6 is 11.8 Å². The molecule has 0 atom stereocenters. The second-order valence-corrected chi connectivity index (χ2v) is 6.38. The summed E-state index contributed by atoms with van der Waals surface area (Å²) in [6.45, 7) is 2.41. The Kier molecular flexibility index (Phi) is 4.76. The third-order valence-corrected chi connectivity index (χ3v) is 4.61. The van der Waals surface area contributed by atoms with Gasteiger partial charge in [0.25, 0.3) is 11.1 Å². The Labute approximate surface area is 144 Å². The van der Waals surface area contributed by atoms with Gasteiger partial charge in [0.05, 0.1) is 12.0 Å². The standard InChI is InChI=1S/C18H18N2O3S/c1-3-9-20-17(21)16(24-18(20)22)11-13-8-10-19(12-13)14-4-6-15(23-2)7-5-14/h4-8,10-12H,3,9H2,1-2H3/b16-11+. The molecule has 3 rings (SSSR count). The van der Waals surface area contributed by atoms with Crippen LogP contribution in [0.3, 0.4) is 0 Å². The molecule has 0 bridgehead atoms. The molecule has 1 aromatic heterocycles. The van der Waals surface area contributed by atoms with Crippen LogP contribution in [0.5, 0.6) is 5.75 Å². The fraction of sp³-hybridized carbons (Fsp3) is 0.222. The van der Waals surface area contributed by atoms with E-state index < -0.39 is 0 Å². The maximum Gasteiger partial charge on any atom is 0.293 e. The molecule has 2 aromatic rings. The third-order valence-electron chi connectivity index (χ3n) is 3.70. The monoisotopic (exact) mass is 342 g/mol. The molecular weight excluding hydrogens is 324 g/mol. The van der Waals surface area contributed by atoms with E-state index in [0.717, 1.165) is 35.2 Å². The van der Waals surface area contributed by atoms with Crippen LogP contribution < -0.4 is 4.74 Å². The summed E-state index contributed by atoms with van der Waals surface area (Å²) in [5, 5.41) is -0.192. The maximum absolute atomic E-state index is 12.3. The zero-order chi connectivity index (χ0) is 17.1. The van der Waals surface area contributed by atoms with Gasteiger partial charge in [0.15, 0.2) is 0 Å². The molecule has 0 aliphatic carbocycles. The van der Waals surface area contributed by atoms with Gasteiger partial charge in [-0.3, -0.25) is 14.5 Å². The zero-order valence-corrected chi connectivity index (χ0v) is 14.4. The Hall–Kier alpha value is -2.47. The molecule has 0 saturated carbocycles. The summed E-state index contributed by atoms with van der Waals surface area (Å²) in [7, 11) is 1.63. The van der Waals surface area contributed by atoms with Crippen molar-refractivity contribution in [3.63, 3.8) is 0 Å². The normalized spacial score (nSPS) is 16.2. The lowest BCUT2D eigenvalue weighted by Gasteiger charge is -2.09. The largest absolute Gasteiger partial charge is 0.497 e. The van der Waals surface area contributed by atoms with E-state index in [1.165, 1.54) is 4.90 Å². The van der Waals surface area contributed by atoms with E-state index in [4.69, 9.17) is 4.74 Å². The highest BCUT2D eigenvalue weighted by molar-refractivity contribution is 8.18. The zero-order valence-electron chi connectivity index (χ0n) is 13.6. The summed E-state index contributed by atoms with van der Waals surface area (Å²) in [5.41, 5.74) is 1.88. The van der Waals surface area contributed by atoms with Crippen LogP contribution in [0.4, 0.5) is 4.79 Å². The summed E-state index contributed by atoms with van der Waals surface area (Å²) in [6.07, 6.45) is 6.37. The van der Waals surface area contributed by atoms with Crippen molar-refractivity contribution in [3.8, 4) is 11.4 Å². The average molecular weight is 342 g/mol. The molecule has 1 aliphatic rings. The number of amides is 2. The number of hydrogen-bond acceptors (Lipinski definition) is 4. The van der Waals surface area contributed by atoms with Gasteiger partial charge in [-0.15, -0.1) is 0 Å². The van der Waals surface area contributed by atoms with Crippen LogP contribution in [0.15, 0.2) is 47.6 Å². The van der Waals surface area contributed by atoms with Gasteiger partial charge in [0.2, 0.25) is 0 Å². The molecule has 0 N–H and O–H groups in total. The molecule has 0 radical (unpaired) electrons. The lowest BCUT2D eigenvalue weighted by Crippen LogP contribution is -2.28. The van der Waals surface area contributed by atoms with Gasteiger partial charge in [0, 0.05) is 24.6 Å². The van der Waals surface area contributed by atoms with Crippen LogP contribution in [0.25, 0.3) is 11.8 Å². The Morgan fingerprint density at radius 3 is 2.58 bits per heavy atom. The number of thioether (sulfide) groups is 1. The smallest absolute Gasteiger partial charge is 0.293 e. The van der Waals surface area contributed by atoms with Crippen molar-refractivity contribution in [2.24, 2.45) is 0 Å². The summed E-state index contributed by atoms with van der Waals surface area (Å²) >= 11 is 0.999. The van der Waals surface area contributed by atoms with Gasteiger partial charge in [-0.1, -0.05) is 6.92 Å². The highest BCUT2D eigenvalue weighted by atomic mass is 32.2. The van der Waals surface area contributed by atoms with Crippen molar-refractivity contribution in [2.45, 2.75) is 13.3 Å². The number of ether oxygens (including phenoxy) is 1. The molecule has 2 amide bonds. The van der Waals surface area contributed by atoms with Crippen molar-refractivity contribution < 1.29 is 14.3 Å². The predicted octanol–water partition coefficient (Wildman–Crippen LogP) is 3.93. The number of imide groups is 1. The summed E-state index contributed by atoms with van der Waals surface area (Å²) in [6, 6.07) is 9.61. The van der Waals surface area contributed by atoms with Gasteiger partial charge in [-0.25, -0.2) is 0 Å². The van der Waals surface area contributed by atoms with E-state index in [0.29, 0.717) is 11.4 Å². The summed E-state index contributed by atoms with van der Waals surface area (Å²) in [4.78, 5) is 25.9. The number of carbonyl (C=O) groups is 2. The molecule has 6 heteroatoms. The number of hydrogen-bond donors (Lipinski definition) is 0. The van der Waals surface area contributed by atoms with Crippen molar-refractivity contribution in [3.05, 3.63) is 53.2 Å². The molecule has 24 heavy (non-hydrogen) atoms. The van der Waals surface area contributed by atoms with Gasteiger partial charge in [0.1, 0.15) is 5.75 Å². The number of benzene rings is 1. The van der Waals surface area contributed by atoms with Gasteiger partial charge in [-0.05, 0) is 60.2 Å². The predicted molar refractivity (Wildman–Crippen MR) is 95.3 cm³/mol. The van der Waals surface area contributed by atoms with Gasteiger partial charge < -0.3 is 9.30 Å². The highest BCUT2D eigenvalue weighted by Crippen LogP contribution is 2.32. The van der Waals surface area contributed by atoms with E-state index >= 15 is 0 Å². The second-order valence-electron chi connectivity index (χ2n) is 5.38. The SMILES string of the molecule is CCCN1C(=O)S/C(=C/c2ccn(-c3ccc(OC)cc3)c2)C1=O. The molecule has 1 aliphatic heterocycles. The van der Waals surface area contributed by atoms with E-state index in [1.807, 2.05) is 54.2 Å². The number of aromatic nitrogens is 1. The molecule has 1 aromatic carbocycles. The minimum absolute atomic E-state index is 0.192. The molecule has 124 valence electrons. The minimum atomic E-state index is -0.205. The first-order valence-corrected chi connectivity index (χ1v) is 8.52. The van der Waals surface area contributed by atoms with Crippen LogP contribution in [0.1, 0.15) is 18.9 Å². The quantitative estimate of drug-likeness (QED) is 0.773. The van der Waals surface area contributed by atoms with Crippen LogP contribution in [-0.4, -0.2) is 34.3 Å². The average Bonchev–Trinajstić information content (AvgIpc) is 3.16. The van der Waals surface area contributed by atoms with Crippen LogP contribution in [-0.2, 0) is 4.79 Å². The lowest BCUT2D eigenvalue weighted by molar-refractivity contribution is -0.122. The van der Waals surface area contributed by atoms with Crippen molar-refractivity contribution in [1.29, 1.82) is 0 Å². The van der Waals surface area contributed by atoms with Crippen LogP contribution in [0, 0.1) is 0 Å². The van der Waals surface area contributed by atoms with Crippen molar-refractivity contribution in [1.82, 2.24) is 9.47 Å². The molecule has 0 spiro atoms. The topological polar surface area (TPSA) is 51.5 Å². The molecule has 1 fully saturated rings. The number of methoxy groups -OCH3 is 1. The fourth-order valence-electron chi connectivity index (χ4n) is 2.48. The number of carbonyl (C=O) groups excluding carboxylic acids is 2. The Bertz CT molecular complexity index is 793. The van der Waals surface area contributed by atoms with Crippen molar-refractivity contribution >= 4 is 29.0 Å². The van der Waals surface area contributed by atoms with E-state index in [-0.39, 0.29) is 11.1 Å². The first-order valence-electron chi connectivity index (χ1n) is 7.70. The molecule has 2 heterocycles. The van der Waals surface area contributed by atoms with Crippen LogP contribution in [0.2, 0.25) is 0 Å². The third kappa shape index (κ3) is 3.23. The molecule has 1 saturated heterocycles. The number of rotatable bonds is 5. The Balaban J connectivity index is 1.80. The lowest BCUT2D eigenvalue weighted by atomic mass is 10.3.